The maximum Gasteiger partial charge on any atom is 0.328 e. The first-order chi connectivity index (χ1) is 11.2. The zero-order valence-electron chi connectivity index (χ0n) is 13.0. The van der Waals surface area contributed by atoms with Crippen molar-refractivity contribution in [2.75, 3.05) is 6.61 Å². The molecule has 0 aliphatic rings. The molecule has 2 rings (SSSR count). The van der Waals surface area contributed by atoms with Crippen molar-refractivity contribution in [3.05, 3.63) is 71.8 Å². The molecule has 2 unspecified atom stereocenters. The van der Waals surface area contributed by atoms with Crippen molar-refractivity contribution in [1.29, 1.82) is 0 Å². The summed E-state index contributed by atoms with van der Waals surface area (Å²) in [5, 5.41) is 12.2. The minimum atomic E-state index is -2.59. The average Bonchev–Trinajstić information content (AvgIpc) is 2.59. The molecule has 122 valence electrons. The Morgan fingerprint density at radius 3 is 1.91 bits per heavy atom. The van der Waals surface area contributed by atoms with Gasteiger partial charge >= 0.3 is 8.03 Å². The Labute approximate surface area is 138 Å². The fourth-order valence-corrected chi connectivity index (χ4v) is 3.23. The molecule has 5 heteroatoms. The Morgan fingerprint density at radius 2 is 1.48 bits per heavy atom. The van der Waals surface area contributed by atoms with E-state index in [9.17, 15) is 9.46 Å². The number of benzene rings is 2. The second-order valence-electron chi connectivity index (χ2n) is 5.44. The van der Waals surface area contributed by atoms with Gasteiger partial charge in [-0.1, -0.05) is 65.2 Å². The van der Waals surface area contributed by atoms with Crippen molar-refractivity contribution < 1.29 is 14.6 Å². The van der Waals surface area contributed by atoms with Crippen LogP contribution in [-0.4, -0.2) is 17.5 Å². The number of aliphatic hydroxyl groups is 1. The lowest BCUT2D eigenvalue weighted by molar-refractivity contribution is -0.167. The quantitative estimate of drug-likeness (QED) is 0.547. The molecule has 2 atom stereocenters. The average molecular weight is 331 g/mol. The van der Waals surface area contributed by atoms with Gasteiger partial charge in [-0.3, -0.25) is 5.32 Å². The molecule has 0 aliphatic heterocycles. The van der Waals surface area contributed by atoms with Gasteiger partial charge in [-0.25, -0.2) is 0 Å². The number of unbranched alkanes of at least 4 members (excludes halogenated alkanes) is 1. The van der Waals surface area contributed by atoms with E-state index < -0.39 is 13.8 Å². The maximum atomic E-state index is 11.6. The lowest BCUT2D eigenvalue weighted by atomic mass is 9.98. The second-order valence-corrected chi connectivity index (χ2v) is 6.64. The molecule has 0 bridgehead atoms. The first kappa shape index (κ1) is 17.8. The summed E-state index contributed by atoms with van der Waals surface area (Å²) in [5.41, 5.74) is 2.06. The van der Waals surface area contributed by atoms with Gasteiger partial charge in [0.05, 0.1) is 6.04 Å². The molecule has 0 amide bonds. The van der Waals surface area contributed by atoms with Crippen LogP contribution < -0.4 is 10.2 Å². The molecule has 4 nitrogen and oxygen atoms in total. The topological polar surface area (TPSA) is 72.4 Å². The third-order valence-corrected chi connectivity index (χ3v) is 4.68. The van der Waals surface area contributed by atoms with Crippen LogP contribution in [0.4, 0.5) is 0 Å². The minimum absolute atomic E-state index is 0.0865. The van der Waals surface area contributed by atoms with Crippen molar-refractivity contribution in [3.63, 3.8) is 0 Å². The fraction of sp³-hybridized carbons (Fsp3) is 0.333. The number of hydrogen-bond acceptors (Lipinski definition) is 4. The van der Waals surface area contributed by atoms with Gasteiger partial charge in [0.15, 0.2) is 0 Å². The van der Waals surface area contributed by atoms with E-state index in [-0.39, 0.29) is 12.6 Å². The Kier molecular flexibility index (Phi) is 7.37. The molecular formula is C18H22NO3P. The summed E-state index contributed by atoms with van der Waals surface area (Å²) in [6.45, 7) is 0.0865. The summed E-state index contributed by atoms with van der Waals surface area (Å²) < 4.78 is 11.6. The second kappa shape index (κ2) is 9.53. The van der Waals surface area contributed by atoms with Gasteiger partial charge in [0.2, 0.25) is 5.78 Å². The van der Waals surface area contributed by atoms with E-state index in [1.54, 1.807) is 0 Å². The number of hydrogen-bond donors (Lipinski definition) is 2. The van der Waals surface area contributed by atoms with E-state index in [4.69, 9.17) is 5.11 Å². The standard InChI is InChI=1S/C18H22NO3P/c20-14-8-7-13-17(23(21)22)19-18(15-9-3-1-4-10-15)16-11-5-2-6-12-16/h1-6,9-12,17-20H,7-8,13-14H2. The molecule has 0 fully saturated rings. The van der Waals surface area contributed by atoms with Crippen LogP contribution in [0.25, 0.3) is 0 Å². The van der Waals surface area contributed by atoms with Crippen LogP contribution >= 0.6 is 8.03 Å². The van der Waals surface area contributed by atoms with Crippen LogP contribution in [0.15, 0.2) is 60.7 Å². The van der Waals surface area contributed by atoms with E-state index in [0.717, 1.165) is 11.1 Å². The SMILES string of the molecule is O=[P+]([O-])C(CCCCO)NC(c1ccccc1)c1ccccc1. The summed E-state index contributed by atoms with van der Waals surface area (Å²) in [4.78, 5) is 11.6. The smallest absolute Gasteiger partial charge is 0.328 e. The summed E-state index contributed by atoms with van der Waals surface area (Å²) in [6.07, 6.45) is 1.78. The summed E-state index contributed by atoms with van der Waals surface area (Å²) in [5.74, 6) is -0.609. The van der Waals surface area contributed by atoms with Gasteiger partial charge in [0.1, 0.15) is 0 Å². The van der Waals surface area contributed by atoms with Gasteiger partial charge in [-0.15, -0.1) is 0 Å². The lowest BCUT2D eigenvalue weighted by Gasteiger charge is -2.22. The van der Waals surface area contributed by atoms with Crippen LogP contribution in [-0.2, 0) is 4.57 Å². The van der Waals surface area contributed by atoms with Crippen LogP contribution in [0.5, 0.6) is 0 Å². The van der Waals surface area contributed by atoms with E-state index in [1.165, 1.54) is 0 Å². The highest BCUT2D eigenvalue weighted by molar-refractivity contribution is 7.37. The molecular weight excluding hydrogens is 309 g/mol. The van der Waals surface area contributed by atoms with Crippen molar-refractivity contribution in [2.24, 2.45) is 0 Å². The van der Waals surface area contributed by atoms with Gasteiger partial charge in [-0.05, 0) is 24.0 Å². The molecule has 23 heavy (non-hydrogen) atoms. The highest BCUT2D eigenvalue weighted by atomic mass is 31.1. The van der Waals surface area contributed by atoms with Crippen LogP contribution in [0.1, 0.15) is 36.4 Å². The van der Waals surface area contributed by atoms with Crippen molar-refractivity contribution >= 4 is 8.03 Å². The molecule has 2 aromatic rings. The molecule has 0 saturated carbocycles. The third kappa shape index (κ3) is 5.52. The highest BCUT2D eigenvalue weighted by Gasteiger charge is 2.26. The summed E-state index contributed by atoms with van der Waals surface area (Å²) in [6, 6.07) is 19.5. The minimum Gasteiger partial charge on any atom is -0.594 e. The number of aliphatic hydroxyl groups excluding tert-OH is 1. The number of rotatable bonds is 9. The zero-order valence-corrected chi connectivity index (χ0v) is 13.9. The Hall–Kier alpha value is -1.58. The van der Waals surface area contributed by atoms with Crippen molar-refractivity contribution in [2.45, 2.75) is 31.1 Å². The van der Waals surface area contributed by atoms with Gasteiger partial charge in [-0.2, -0.15) is 0 Å². The van der Waals surface area contributed by atoms with E-state index in [1.807, 2.05) is 60.7 Å². The van der Waals surface area contributed by atoms with Crippen LogP contribution in [0.3, 0.4) is 0 Å². The monoisotopic (exact) mass is 331 g/mol. The third-order valence-electron chi connectivity index (χ3n) is 3.77. The highest BCUT2D eigenvalue weighted by Crippen LogP contribution is 2.28. The van der Waals surface area contributed by atoms with Crippen LogP contribution in [0.2, 0.25) is 0 Å². The Bertz CT molecular complexity index is 552. The number of nitrogens with one attached hydrogen (secondary N) is 1. The van der Waals surface area contributed by atoms with E-state index >= 15 is 0 Å². The van der Waals surface area contributed by atoms with Gasteiger partial charge in [0.25, 0.3) is 0 Å². The first-order valence-electron chi connectivity index (χ1n) is 7.82. The Balaban J connectivity index is 2.21. The largest absolute Gasteiger partial charge is 0.594 e. The molecule has 0 aromatic heterocycles. The molecule has 0 spiro atoms. The molecule has 2 aromatic carbocycles. The lowest BCUT2D eigenvalue weighted by Crippen LogP contribution is -2.33. The van der Waals surface area contributed by atoms with Gasteiger partial charge in [0, 0.05) is 13.0 Å². The summed E-state index contributed by atoms with van der Waals surface area (Å²) >= 11 is 0. The van der Waals surface area contributed by atoms with Crippen molar-refractivity contribution in [1.82, 2.24) is 5.32 Å². The normalized spacial score (nSPS) is 13.1. The molecule has 2 N–H and O–H groups in total. The van der Waals surface area contributed by atoms with E-state index in [0.29, 0.717) is 19.3 Å². The summed E-state index contributed by atoms with van der Waals surface area (Å²) in [7, 11) is -2.59. The molecule has 0 radical (unpaired) electrons. The zero-order chi connectivity index (χ0) is 16.5. The Morgan fingerprint density at radius 1 is 0.957 bits per heavy atom. The van der Waals surface area contributed by atoms with E-state index in [2.05, 4.69) is 5.32 Å². The molecule has 0 heterocycles. The predicted molar refractivity (Wildman–Crippen MR) is 90.2 cm³/mol. The molecule has 0 saturated heterocycles. The van der Waals surface area contributed by atoms with Gasteiger partial charge < -0.3 is 10.00 Å². The van der Waals surface area contributed by atoms with Crippen molar-refractivity contribution in [3.8, 4) is 0 Å². The fourth-order valence-electron chi connectivity index (χ4n) is 2.57. The maximum absolute atomic E-state index is 11.6. The predicted octanol–water partition coefficient (Wildman–Crippen LogP) is 2.96. The first-order valence-corrected chi connectivity index (χ1v) is 9.07. The molecule has 0 aliphatic carbocycles. The van der Waals surface area contributed by atoms with Crippen LogP contribution in [0, 0.1) is 0 Å².